The Balaban J connectivity index is 0. The standard InChI is InChI=1S/C9H17NO3.ClH/c1-6(11)7(12)13-9(5,10)8(2,3)4;/h11H,1,10H2,2-5H3;1H. The van der Waals surface area contributed by atoms with E-state index in [1.54, 1.807) is 6.92 Å². The molecule has 0 saturated carbocycles. The summed E-state index contributed by atoms with van der Waals surface area (Å²) in [7, 11) is 0. The topological polar surface area (TPSA) is 72.5 Å². The van der Waals surface area contributed by atoms with Gasteiger partial charge >= 0.3 is 5.97 Å². The molecular weight excluding hydrogens is 206 g/mol. The first-order valence-electron chi connectivity index (χ1n) is 3.98. The van der Waals surface area contributed by atoms with Crippen molar-refractivity contribution >= 4 is 18.4 Å². The van der Waals surface area contributed by atoms with Crippen LogP contribution in [0.3, 0.4) is 0 Å². The molecule has 0 aliphatic heterocycles. The van der Waals surface area contributed by atoms with E-state index in [4.69, 9.17) is 15.6 Å². The Hall–Kier alpha value is -0.740. The van der Waals surface area contributed by atoms with E-state index in [1.165, 1.54) is 0 Å². The van der Waals surface area contributed by atoms with Gasteiger partial charge in [0.15, 0.2) is 11.5 Å². The molecule has 14 heavy (non-hydrogen) atoms. The average molecular weight is 224 g/mol. The number of ether oxygens (including phenoxy) is 1. The van der Waals surface area contributed by atoms with Crippen LogP contribution in [0.2, 0.25) is 0 Å². The van der Waals surface area contributed by atoms with Crippen molar-refractivity contribution < 1.29 is 14.6 Å². The Morgan fingerprint density at radius 2 is 1.71 bits per heavy atom. The van der Waals surface area contributed by atoms with Gasteiger partial charge in [0.25, 0.3) is 0 Å². The van der Waals surface area contributed by atoms with Crippen LogP contribution >= 0.6 is 12.4 Å². The third kappa shape index (κ3) is 3.98. The van der Waals surface area contributed by atoms with E-state index in [9.17, 15) is 4.79 Å². The van der Waals surface area contributed by atoms with E-state index >= 15 is 0 Å². The van der Waals surface area contributed by atoms with Gasteiger partial charge in [0.2, 0.25) is 0 Å². The molecule has 0 spiro atoms. The number of hydrogen-bond acceptors (Lipinski definition) is 4. The summed E-state index contributed by atoms with van der Waals surface area (Å²) in [5.74, 6) is -1.53. The predicted molar refractivity (Wildman–Crippen MR) is 57.2 cm³/mol. The summed E-state index contributed by atoms with van der Waals surface area (Å²) in [4.78, 5) is 11.0. The van der Waals surface area contributed by atoms with E-state index in [2.05, 4.69) is 6.58 Å². The zero-order valence-electron chi connectivity index (χ0n) is 8.96. The second-order valence-electron chi connectivity index (χ2n) is 4.19. The van der Waals surface area contributed by atoms with Crippen LogP contribution in [0, 0.1) is 5.41 Å². The number of rotatable bonds is 2. The van der Waals surface area contributed by atoms with Gasteiger partial charge in [-0.25, -0.2) is 4.79 Å². The third-order valence-corrected chi connectivity index (χ3v) is 2.03. The number of halogens is 1. The molecule has 4 nitrogen and oxygen atoms in total. The summed E-state index contributed by atoms with van der Waals surface area (Å²) in [6.45, 7) is 10.1. The highest BCUT2D eigenvalue weighted by atomic mass is 35.5. The third-order valence-electron chi connectivity index (χ3n) is 2.03. The van der Waals surface area contributed by atoms with Gasteiger partial charge in [0.05, 0.1) is 0 Å². The van der Waals surface area contributed by atoms with Crippen molar-refractivity contribution in [2.45, 2.75) is 33.4 Å². The highest BCUT2D eigenvalue weighted by Crippen LogP contribution is 2.29. The molecule has 5 heteroatoms. The van der Waals surface area contributed by atoms with Gasteiger partial charge in [0.1, 0.15) is 0 Å². The predicted octanol–water partition coefficient (Wildman–Crippen LogP) is 1.74. The number of esters is 1. The maximum atomic E-state index is 11.0. The molecule has 0 aromatic carbocycles. The van der Waals surface area contributed by atoms with Crippen LogP contribution in [0.1, 0.15) is 27.7 Å². The zero-order chi connectivity index (χ0) is 10.9. The average Bonchev–Trinajstić information content (AvgIpc) is 1.83. The quantitative estimate of drug-likeness (QED) is 0.324. The van der Waals surface area contributed by atoms with Gasteiger partial charge in [-0.2, -0.15) is 0 Å². The summed E-state index contributed by atoms with van der Waals surface area (Å²) in [5, 5.41) is 8.73. The first-order valence-corrected chi connectivity index (χ1v) is 3.98. The number of aliphatic hydroxyl groups is 1. The Labute approximate surface area is 90.5 Å². The summed E-state index contributed by atoms with van der Waals surface area (Å²) in [6.07, 6.45) is 0. The van der Waals surface area contributed by atoms with Gasteiger partial charge in [-0.3, -0.25) is 5.73 Å². The molecular formula is C9H18ClNO3. The Bertz CT molecular complexity index is 231. The van der Waals surface area contributed by atoms with Crippen molar-refractivity contribution in [3.05, 3.63) is 12.3 Å². The molecule has 0 rings (SSSR count). The number of nitrogens with two attached hydrogens (primary N) is 1. The molecule has 1 unspecified atom stereocenters. The number of carbonyl (C=O) groups is 1. The number of aliphatic hydroxyl groups excluding tert-OH is 1. The fraction of sp³-hybridized carbons (Fsp3) is 0.667. The van der Waals surface area contributed by atoms with Crippen LogP contribution in [0.5, 0.6) is 0 Å². The molecule has 0 radical (unpaired) electrons. The SMILES string of the molecule is C=C(O)C(=O)OC(C)(N)C(C)(C)C.Cl. The molecule has 84 valence electrons. The van der Waals surface area contributed by atoms with Crippen molar-refractivity contribution in [2.24, 2.45) is 11.1 Å². The monoisotopic (exact) mass is 223 g/mol. The first-order chi connectivity index (χ1) is 5.58. The Morgan fingerprint density at radius 3 is 1.93 bits per heavy atom. The number of carbonyl (C=O) groups excluding carboxylic acids is 1. The van der Waals surface area contributed by atoms with Crippen LogP contribution < -0.4 is 5.73 Å². The largest absolute Gasteiger partial charge is 0.502 e. The van der Waals surface area contributed by atoms with E-state index in [0.29, 0.717) is 0 Å². The van der Waals surface area contributed by atoms with E-state index < -0.39 is 22.9 Å². The normalized spacial score (nSPS) is 14.9. The summed E-state index contributed by atoms with van der Waals surface area (Å²) in [5.41, 5.74) is 4.20. The van der Waals surface area contributed by atoms with Crippen LogP contribution in [-0.4, -0.2) is 16.8 Å². The summed E-state index contributed by atoms with van der Waals surface area (Å²) >= 11 is 0. The summed E-state index contributed by atoms with van der Waals surface area (Å²) in [6, 6.07) is 0. The maximum absolute atomic E-state index is 11.0. The van der Waals surface area contributed by atoms with E-state index in [1.807, 2.05) is 20.8 Å². The van der Waals surface area contributed by atoms with Gasteiger partial charge < -0.3 is 9.84 Å². The van der Waals surface area contributed by atoms with Crippen molar-refractivity contribution in [3.8, 4) is 0 Å². The molecule has 0 heterocycles. The summed E-state index contributed by atoms with van der Waals surface area (Å²) < 4.78 is 4.85. The lowest BCUT2D eigenvalue weighted by molar-refractivity contribution is -0.167. The maximum Gasteiger partial charge on any atom is 0.374 e. The van der Waals surface area contributed by atoms with Crippen molar-refractivity contribution in [1.29, 1.82) is 0 Å². The molecule has 0 aliphatic rings. The second kappa shape index (κ2) is 4.66. The lowest BCUT2D eigenvalue weighted by atomic mass is 9.85. The lowest BCUT2D eigenvalue weighted by Crippen LogP contribution is -2.52. The van der Waals surface area contributed by atoms with Gasteiger partial charge in [-0.1, -0.05) is 20.8 Å². The first kappa shape index (κ1) is 15.7. The minimum Gasteiger partial charge on any atom is -0.502 e. The molecule has 0 saturated heterocycles. The molecule has 0 bridgehead atoms. The Morgan fingerprint density at radius 1 is 1.36 bits per heavy atom. The van der Waals surface area contributed by atoms with Crippen LogP contribution in [-0.2, 0) is 9.53 Å². The lowest BCUT2D eigenvalue weighted by Gasteiger charge is -2.37. The van der Waals surface area contributed by atoms with Gasteiger partial charge in [-0.05, 0) is 13.5 Å². The molecule has 0 aromatic heterocycles. The van der Waals surface area contributed by atoms with Crippen molar-refractivity contribution in [3.63, 3.8) is 0 Å². The number of hydrogen-bond donors (Lipinski definition) is 2. The smallest absolute Gasteiger partial charge is 0.374 e. The highest BCUT2D eigenvalue weighted by molar-refractivity contribution is 5.85. The highest BCUT2D eigenvalue weighted by Gasteiger charge is 2.37. The fourth-order valence-corrected chi connectivity index (χ4v) is 0.405. The van der Waals surface area contributed by atoms with Crippen LogP contribution in [0.4, 0.5) is 0 Å². The van der Waals surface area contributed by atoms with Crippen LogP contribution in [0.15, 0.2) is 12.3 Å². The molecule has 3 N–H and O–H groups in total. The molecule has 0 aliphatic carbocycles. The van der Waals surface area contributed by atoms with Gasteiger partial charge in [0, 0.05) is 5.41 Å². The minimum atomic E-state index is -1.13. The molecule has 0 aromatic rings. The fourth-order valence-electron chi connectivity index (χ4n) is 0.405. The van der Waals surface area contributed by atoms with E-state index in [-0.39, 0.29) is 12.4 Å². The van der Waals surface area contributed by atoms with Crippen molar-refractivity contribution in [1.82, 2.24) is 0 Å². The second-order valence-corrected chi connectivity index (χ2v) is 4.19. The van der Waals surface area contributed by atoms with Gasteiger partial charge in [-0.15, -0.1) is 12.4 Å². The van der Waals surface area contributed by atoms with E-state index in [0.717, 1.165) is 0 Å². The molecule has 0 amide bonds. The zero-order valence-corrected chi connectivity index (χ0v) is 9.77. The van der Waals surface area contributed by atoms with Crippen molar-refractivity contribution in [2.75, 3.05) is 0 Å². The van der Waals surface area contributed by atoms with Crippen LogP contribution in [0.25, 0.3) is 0 Å². The molecule has 0 fully saturated rings. The minimum absolute atomic E-state index is 0. The molecule has 1 atom stereocenters. The Kier molecular flexibility index (Phi) is 5.23.